The fourth-order valence-corrected chi connectivity index (χ4v) is 4.55. The van der Waals surface area contributed by atoms with Gasteiger partial charge in [-0.3, -0.25) is 14.2 Å². The van der Waals surface area contributed by atoms with Gasteiger partial charge in [0.2, 0.25) is 0 Å². The topological polar surface area (TPSA) is 81.8 Å². The van der Waals surface area contributed by atoms with Gasteiger partial charge in [-0.2, -0.15) is 0 Å². The lowest BCUT2D eigenvalue weighted by molar-refractivity contribution is 0.0941. The number of fused-ring (bicyclic) bond motifs is 2. The molecule has 0 aliphatic carbocycles. The first-order valence-electron chi connectivity index (χ1n) is 11.5. The fourth-order valence-electron chi connectivity index (χ4n) is 4.55. The first-order chi connectivity index (χ1) is 16.1. The summed E-state index contributed by atoms with van der Waals surface area (Å²) >= 11 is 0. The molecule has 7 nitrogen and oxygen atoms in total. The van der Waals surface area contributed by atoms with Gasteiger partial charge in [-0.1, -0.05) is 43.2 Å². The van der Waals surface area contributed by atoms with Crippen molar-refractivity contribution in [3.8, 4) is 0 Å². The highest BCUT2D eigenvalue weighted by Crippen LogP contribution is 2.22. The Balaban J connectivity index is 1.50. The van der Waals surface area contributed by atoms with Gasteiger partial charge in [0.25, 0.3) is 11.5 Å². The molecule has 1 aliphatic heterocycles. The number of hydrogen-bond acceptors (Lipinski definition) is 4. The molecule has 0 radical (unpaired) electrons. The second kappa shape index (κ2) is 9.02. The number of hydrogen-bond donors (Lipinski definition) is 1. The third-order valence-corrected chi connectivity index (χ3v) is 6.35. The van der Waals surface area contributed by atoms with Crippen LogP contribution in [0, 0.1) is 0 Å². The van der Waals surface area contributed by atoms with E-state index in [0.717, 1.165) is 49.3 Å². The molecule has 3 heterocycles. The lowest BCUT2D eigenvalue weighted by Gasteiger charge is -2.19. The second-order valence-corrected chi connectivity index (χ2v) is 8.59. The van der Waals surface area contributed by atoms with Crippen molar-refractivity contribution in [2.24, 2.45) is 7.05 Å². The van der Waals surface area contributed by atoms with E-state index in [0.29, 0.717) is 23.0 Å². The number of nitrogens with zero attached hydrogens (tertiary/aromatic N) is 4. The summed E-state index contributed by atoms with van der Waals surface area (Å²) in [5, 5.41) is 3.67. The number of aromatic nitrogens is 4. The molecule has 0 spiro atoms. The van der Waals surface area contributed by atoms with Crippen LogP contribution < -0.4 is 10.9 Å². The maximum atomic E-state index is 13.3. The SMILES string of the molecule is Cn1ccnc1[C@H](NC(=O)c1ccc2c(=O)n3c(nc2c1)CCCCCC3)c1ccccc1. The molecule has 33 heavy (non-hydrogen) atoms. The Kier molecular flexibility index (Phi) is 5.77. The smallest absolute Gasteiger partial charge is 0.261 e. The Morgan fingerprint density at radius 3 is 2.67 bits per heavy atom. The Morgan fingerprint density at radius 2 is 1.88 bits per heavy atom. The fraction of sp³-hybridized carbons (Fsp3) is 0.308. The number of nitrogens with one attached hydrogen (secondary N) is 1. The summed E-state index contributed by atoms with van der Waals surface area (Å²) in [6.07, 6.45) is 8.69. The molecular formula is C26H27N5O2. The number of aryl methyl sites for hydroxylation is 2. The van der Waals surface area contributed by atoms with Crippen LogP contribution in [0.25, 0.3) is 10.9 Å². The maximum absolute atomic E-state index is 13.3. The second-order valence-electron chi connectivity index (χ2n) is 8.59. The van der Waals surface area contributed by atoms with E-state index < -0.39 is 6.04 Å². The van der Waals surface area contributed by atoms with Gasteiger partial charge in [0.1, 0.15) is 17.7 Å². The van der Waals surface area contributed by atoms with E-state index in [1.807, 2.05) is 52.7 Å². The number of rotatable bonds is 4. The summed E-state index contributed by atoms with van der Waals surface area (Å²) in [4.78, 5) is 35.6. The van der Waals surface area contributed by atoms with Crippen LogP contribution in [-0.2, 0) is 20.0 Å². The van der Waals surface area contributed by atoms with Crippen LogP contribution >= 0.6 is 0 Å². The Morgan fingerprint density at radius 1 is 1.06 bits per heavy atom. The van der Waals surface area contributed by atoms with Gasteiger partial charge in [-0.15, -0.1) is 0 Å². The Bertz CT molecular complexity index is 1360. The van der Waals surface area contributed by atoms with Crippen molar-refractivity contribution in [3.05, 3.63) is 94.1 Å². The zero-order valence-electron chi connectivity index (χ0n) is 18.7. The lowest BCUT2D eigenvalue weighted by atomic mass is 10.0. The number of benzene rings is 2. The average molecular weight is 442 g/mol. The van der Waals surface area contributed by atoms with Crippen molar-refractivity contribution in [3.63, 3.8) is 0 Å². The molecule has 0 fully saturated rings. The van der Waals surface area contributed by atoms with E-state index in [2.05, 4.69) is 10.3 Å². The zero-order chi connectivity index (χ0) is 22.8. The van der Waals surface area contributed by atoms with E-state index in [-0.39, 0.29) is 11.5 Å². The van der Waals surface area contributed by atoms with Gasteiger partial charge >= 0.3 is 0 Å². The molecule has 1 atom stereocenters. The summed E-state index contributed by atoms with van der Waals surface area (Å²) in [5.74, 6) is 1.33. The summed E-state index contributed by atoms with van der Waals surface area (Å²) < 4.78 is 3.71. The van der Waals surface area contributed by atoms with E-state index in [9.17, 15) is 9.59 Å². The predicted octanol–water partition coefficient (Wildman–Crippen LogP) is 3.77. The summed E-state index contributed by atoms with van der Waals surface area (Å²) in [7, 11) is 1.91. The van der Waals surface area contributed by atoms with Crippen molar-refractivity contribution in [1.29, 1.82) is 0 Å². The molecule has 2 aromatic carbocycles. The third-order valence-electron chi connectivity index (χ3n) is 6.35. The van der Waals surface area contributed by atoms with Gasteiger partial charge in [0.05, 0.1) is 10.9 Å². The van der Waals surface area contributed by atoms with Crippen LogP contribution in [0.1, 0.15) is 59.3 Å². The minimum Gasteiger partial charge on any atom is -0.338 e. The first kappa shape index (κ1) is 21.1. The molecule has 0 bridgehead atoms. The predicted molar refractivity (Wildman–Crippen MR) is 127 cm³/mol. The molecular weight excluding hydrogens is 414 g/mol. The molecule has 5 rings (SSSR count). The van der Waals surface area contributed by atoms with E-state index in [4.69, 9.17) is 4.98 Å². The molecule has 1 amide bonds. The van der Waals surface area contributed by atoms with E-state index >= 15 is 0 Å². The van der Waals surface area contributed by atoms with Crippen LogP contribution in [0.15, 0.2) is 65.7 Å². The van der Waals surface area contributed by atoms with Gasteiger partial charge in [0, 0.05) is 38.0 Å². The van der Waals surface area contributed by atoms with Crippen molar-refractivity contribution in [2.75, 3.05) is 0 Å². The van der Waals surface area contributed by atoms with Crippen LogP contribution in [0.4, 0.5) is 0 Å². The Hall–Kier alpha value is -3.74. The number of carbonyl (C=O) groups excluding carboxylic acids is 1. The summed E-state index contributed by atoms with van der Waals surface area (Å²) in [5.41, 5.74) is 1.98. The van der Waals surface area contributed by atoms with Gasteiger partial charge in [-0.05, 0) is 36.6 Å². The minimum absolute atomic E-state index is 0.0148. The van der Waals surface area contributed by atoms with Crippen molar-refractivity contribution in [2.45, 2.75) is 44.7 Å². The molecule has 0 unspecified atom stereocenters. The molecule has 7 heteroatoms. The molecule has 0 saturated carbocycles. The third kappa shape index (κ3) is 4.18. The molecule has 2 aromatic heterocycles. The number of imidazole rings is 1. The van der Waals surface area contributed by atoms with Gasteiger partial charge < -0.3 is 9.88 Å². The van der Waals surface area contributed by atoms with Crippen molar-refractivity contribution >= 4 is 16.8 Å². The average Bonchev–Trinajstić information content (AvgIpc) is 3.24. The highest BCUT2D eigenvalue weighted by molar-refractivity contribution is 5.98. The molecule has 4 aromatic rings. The number of amides is 1. The lowest BCUT2D eigenvalue weighted by Crippen LogP contribution is -2.31. The molecule has 0 saturated heterocycles. The van der Waals surface area contributed by atoms with Crippen LogP contribution in [0.5, 0.6) is 0 Å². The van der Waals surface area contributed by atoms with Crippen LogP contribution in [0.2, 0.25) is 0 Å². The van der Waals surface area contributed by atoms with Crippen molar-refractivity contribution in [1.82, 2.24) is 24.4 Å². The van der Waals surface area contributed by atoms with Crippen LogP contribution in [-0.4, -0.2) is 25.0 Å². The number of carbonyl (C=O) groups is 1. The maximum Gasteiger partial charge on any atom is 0.261 e. The van der Waals surface area contributed by atoms with Gasteiger partial charge in [-0.25, -0.2) is 9.97 Å². The van der Waals surface area contributed by atoms with E-state index in [1.54, 1.807) is 24.4 Å². The first-order valence-corrected chi connectivity index (χ1v) is 11.5. The van der Waals surface area contributed by atoms with E-state index in [1.165, 1.54) is 0 Å². The quantitative estimate of drug-likeness (QED) is 0.523. The molecule has 1 aliphatic rings. The standard InChI is InChI=1S/C26H27N5O2/c1-30-16-14-27-24(30)23(18-9-5-4-6-10-18)29-25(32)19-12-13-20-21(17-19)28-22-11-7-2-3-8-15-31(22)26(20)33/h4-6,9-10,12-14,16-17,23H,2-3,7-8,11,15H2,1H3,(H,29,32)/t23-/m1/s1. The van der Waals surface area contributed by atoms with Gasteiger partial charge in [0.15, 0.2) is 0 Å². The molecule has 168 valence electrons. The summed E-state index contributed by atoms with van der Waals surface area (Å²) in [6, 6.07) is 14.5. The normalized spacial score (nSPS) is 14.8. The molecule has 1 N–H and O–H groups in total. The highest BCUT2D eigenvalue weighted by atomic mass is 16.1. The largest absolute Gasteiger partial charge is 0.338 e. The Labute approximate surface area is 192 Å². The minimum atomic E-state index is -0.399. The monoisotopic (exact) mass is 441 g/mol. The van der Waals surface area contributed by atoms with Crippen molar-refractivity contribution < 1.29 is 4.79 Å². The van der Waals surface area contributed by atoms with Crippen LogP contribution in [0.3, 0.4) is 0 Å². The highest BCUT2D eigenvalue weighted by Gasteiger charge is 2.22. The summed E-state index contributed by atoms with van der Waals surface area (Å²) in [6.45, 7) is 0.710. The zero-order valence-corrected chi connectivity index (χ0v) is 18.7.